The molecule has 4 N–H and O–H groups in total. The molecule has 5 heteroatoms. The minimum atomic E-state index is -0.195. The fraction of sp³-hybridized carbons (Fsp3) is 0.105. The van der Waals surface area contributed by atoms with E-state index in [1.807, 2.05) is 54.6 Å². The van der Waals surface area contributed by atoms with Crippen molar-refractivity contribution in [2.75, 3.05) is 18.5 Å². The topological polar surface area (TPSA) is 80.9 Å². The minimum absolute atomic E-state index is 0.0432. The quantitative estimate of drug-likeness (QED) is 0.466. The van der Waals surface area contributed by atoms with Gasteiger partial charge < -0.3 is 20.4 Å². The summed E-state index contributed by atoms with van der Waals surface area (Å²) in [6, 6.07) is 17.7. The summed E-state index contributed by atoms with van der Waals surface area (Å²) in [5.41, 5.74) is 4.68. The van der Waals surface area contributed by atoms with Gasteiger partial charge in [0.1, 0.15) is 5.69 Å². The Morgan fingerprint density at radius 3 is 2.46 bits per heavy atom. The number of aliphatic hydroxyl groups excluding tert-OH is 1. The van der Waals surface area contributed by atoms with Crippen LogP contribution >= 0.6 is 0 Å². The maximum absolute atomic E-state index is 12.7. The number of aliphatic hydroxyl groups is 1. The zero-order valence-corrected chi connectivity index (χ0v) is 13.0. The highest BCUT2D eigenvalue weighted by Gasteiger charge is 2.17. The SMILES string of the molecule is O=c1[nH]c2c([nH]c3ccccc32)c(-c2ccccc2)c1NCCO. The van der Waals surface area contributed by atoms with Gasteiger partial charge in [-0.25, -0.2) is 0 Å². The first kappa shape index (κ1) is 14.5. The first-order chi connectivity index (χ1) is 11.8. The molecular formula is C19H17N3O2. The number of aromatic nitrogens is 2. The number of para-hydroxylation sites is 1. The molecule has 0 saturated heterocycles. The van der Waals surface area contributed by atoms with E-state index in [9.17, 15) is 4.79 Å². The maximum Gasteiger partial charge on any atom is 0.272 e. The average Bonchev–Trinajstić information content (AvgIpc) is 2.98. The van der Waals surface area contributed by atoms with Crippen molar-refractivity contribution in [2.24, 2.45) is 0 Å². The van der Waals surface area contributed by atoms with E-state index in [0.717, 1.165) is 33.1 Å². The minimum Gasteiger partial charge on any atom is -0.395 e. The summed E-state index contributed by atoms with van der Waals surface area (Å²) in [5, 5.41) is 13.2. The van der Waals surface area contributed by atoms with Crippen molar-refractivity contribution < 1.29 is 5.11 Å². The largest absolute Gasteiger partial charge is 0.395 e. The predicted octanol–water partition coefficient (Wildman–Crippen LogP) is 3.08. The molecular weight excluding hydrogens is 302 g/mol. The third kappa shape index (κ3) is 2.26. The van der Waals surface area contributed by atoms with Gasteiger partial charge in [-0.05, 0) is 11.6 Å². The first-order valence-electron chi connectivity index (χ1n) is 7.86. The van der Waals surface area contributed by atoms with Crippen molar-refractivity contribution in [3.8, 4) is 11.1 Å². The summed E-state index contributed by atoms with van der Waals surface area (Å²) in [5.74, 6) is 0. The Balaban J connectivity index is 2.12. The van der Waals surface area contributed by atoms with E-state index in [0.29, 0.717) is 12.2 Å². The van der Waals surface area contributed by atoms with Crippen LogP contribution < -0.4 is 10.9 Å². The van der Waals surface area contributed by atoms with Crippen molar-refractivity contribution in [2.45, 2.75) is 0 Å². The van der Waals surface area contributed by atoms with Crippen LogP contribution in [0.4, 0.5) is 5.69 Å². The number of hydrogen-bond donors (Lipinski definition) is 4. The molecule has 2 heterocycles. The molecule has 2 aromatic heterocycles. The van der Waals surface area contributed by atoms with Crippen LogP contribution in [0.1, 0.15) is 0 Å². The molecule has 0 bridgehead atoms. The first-order valence-corrected chi connectivity index (χ1v) is 7.86. The fourth-order valence-corrected chi connectivity index (χ4v) is 3.12. The van der Waals surface area contributed by atoms with Crippen LogP contribution in [0.15, 0.2) is 59.4 Å². The second-order valence-electron chi connectivity index (χ2n) is 5.64. The number of nitrogens with one attached hydrogen (secondary N) is 3. The van der Waals surface area contributed by atoms with E-state index in [1.165, 1.54) is 0 Å². The van der Waals surface area contributed by atoms with Gasteiger partial charge in [-0.2, -0.15) is 0 Å². The summed E-state index contributed by atoms with van der Waals surface area (Å²) in [6.07, 6.45) is 0. The van der Waals surface area contributed by atoms with Crippen LogP contribution in [0.3, 0.4) is 0 Å². The summed E-state index contributed by atoms with van der Waals surface area (Å²) in [7, 11) is 0. The van der Waals surface area contributed by atoms with Gasteiger partial charge in [0.05, 0.1) is 17.6 Å². The molecule has 0 amide bonds. The predicted molar refractivity (Wildman–Crippen MR) is 97.4 cm³/mol. The van der Waals surface area contributed by atoms with Crippen molar-refractivity contribution in [1.82, 2.24) is 9.97 Å². The fourth-order valence-electron chi connectivity index (χ4n) is 3.12. The van der Waals surface area contributed by atoms with Crippen molar-refractivity contribution >= 4 is 27.6 Å². The Kier molecular flexibility index (Phi) is 3.55. The molecule has 5 nitrogen and oxygen atoms in total. The smallest absolute Gasteiger partial charge is 0.272 e. The molecule has 0 aliphatic heterocycles. The zero-order valence-electron chi connectivity index (χ0n) is 13.0. The van der Waals surface area contributed by atoms with Crippen LogP contribution in [0, 0.1) is 0 Å². The Hall–Kier alpha value is -3.05. The highest BCUT2D eigenvalue weighted by molar-refractivity contribution is 6.11. The van der Waals surface area contributed by atoms with Crippen molar-refractivity contribution in [1.29, 1.82) is 0 Å². The van der Waals surface area contributed by atoms with E-state index >= 15 is 0 Å². The number of anilines is 1. The summed E-state index contributed by atoms with van der Waals surface area (Å²) in [4.78, 5) is 19.0. The number of hydrogen-bond acceptors (Lipinski definition) is 3. The Morgan fingerprint density at radius 1 is 0.917 bits per heavy atom. The second kappa shape index (κ2) is 5.86. The van der Waals surface area contributed by atoms with Gasteiger partial charge in [0, 0.05) is 23.0 Å². The molecule has 0 radical (unpaired) electrons. The maximum atomic E-state index is 12.7. The monoisotopic (exact) mass is 319 g/mol. The number of rotatable bonds is 4. The standard InChI is InChI=1S/C19H17N3O2/c23-11-10-20-18-15(12-6-2-1-3-7-12)17-16(22-19(18)24)13-8-4-5-9-14(13)21-17/h1-9,20-21,23H,10-11H2,(H,22,24). The number of benzene rings is 2. The van der Waals surface area contributed by atoms with Gasteiger partial charge in [0.2, 0.25) is 0 Å². The number of aromatic amines is 2. The number of H-pyrrole nitrogens is 2. The molecule has 4 aromatic rings. The molecule has 0 aliphatic rings. The lowest BCUT2D eigenvalue weighted by Gasteiger charge is -2.12. The van der Waals surface area contributed by atoms with E-state index < -0.39 is 0 Å². The molecule has 120 valence electrons. The highest BCUT2D eigenvalue weighted by Crippen LogP contribution is 2.34. The van der Waals surface area contributed by atoms with Gasteiger partial charge in [-0.1, -0.05) is 48.5 Å². The molecule has 0 unspecified atom stereocenters. The van der Waals surface area contributed by atoms with Gasteiger partial charge in [0.15, 0.2) is 0 Å². The molecule has 0 saturated carbocycles. The molecule has 24 heavy (non-hydrogen) atoms. The third-order valence-corrected chi connectivity index (χ3v) is 4.15. The van der Waals surface area contributed by atoms with E-state index in [1.54, 1.807) is 0 Å². The lowest BCUT2D eigenvalue weighted by atomic mass is 10.0. The summed E-state index contributed by atoms with van der Waals surface area (Å²) < 4.78 is 0. The van der Waals surface area contributed by atoms with E-state index in [-0.39, 0.29) is 12.2 Å². The Bertz CT molecular complexity index is 1060. The van der Waals surface area contributed by atoms with Gasteiger partial charge in [-0.3, -0.25) is 4.79 Å². The molecule has 0 atom stereocenters. The lowest BCUT2D eigenvalue weighted by molar-refractivity contribution is 0.311. The molecule has 4 rings (SSSR count). The number of pyridine rings is 1. The van der Waals surface area contributed by atoms with Gasteiger partial charge >= 0.3 is 0 Å². The van der Waals surface area contributed by atoms with E-state index in [2.05, 4.69) is 15.3 Å². The van der Waals surface area contributed by atoms with Gasteiger partial charge in [0.25, 0.3) is 5.56 Å². The second-order valence-corrected chi connectivity index (χ2v) is 5.64. The third-order valence-electron chi connectivity index (χ3n) is 4.15. The van der Waals surface area contributed by atoms with Crippen molar-refractivity contribution in [3.63, 3.8) is 0 Å². The number of fused-ring (bicyclic) bond motifs is 3. The zero-order chi connectivity index (χ0) is 16.5. The van der Waals surface area contributed by atoms with Gasteiger partial charge in [-0.15, -0.1) is 0 Å². The van der Waals surface area contributed by atoms with Crippen LogP contribution in [0.2, 0.25) is 0 Å². The molecule has 0 fully saturated rings. The Labute approximate surface area is 138 Å². The van der Waals surface area contributed by atoms with Crippen LogP contribution in [0.5, 0.6) is 0 Å². The lowest BCUT2D eigenvalue weighted by Crippen LogP contribution is -2.18. The molecule has 0 spiro atoms. The van der Waals surface area contributed by atoms with Crippen LogP contribution in [-0.2, 0) is 0 Å². The van der Waals surface area contributed by atoms with E-state index in [4.69, 9.17) is 5.11 Å². The van der Waals surface area contributed by atoms with Crippen LogP contribution in [0.25, 0.3) is 33.1 Å². The Morgan fingerprint density at radius 2 is 1.67 bits per heavy atom. The molecule has 2 aromatic carbocycles. The average molecular weight is 319 g/mol. The summed E-state index contributed by atoms with van der Waals surface area (Å²) >= 11 is 0. The highest BCUT2D eigenvalue weighted by atomic mass is 16.3. The summed E-state index contributed by atoms with van der Waals surface area (Å²) in [6.45, 7) is 0.271. The van der Waals surface area contributed by atoms with Crippen molar-refractivity contribution in [3.05, 3.63) is 65.0 Å². The normalized spacial score (nSPS) is 11.2. The molecule has 0 aliphatic carbocycles. The van der Waals surface area contributed by atoms with Crippen LogP contribution in [-0.4, -0.2) is 28.2 Å².